The van der Waals surface area contributed by atoms with Gasteiger partial charge >= 0.3 is 0 Å². The van der Waals surface area contributed by atoms with E-state index in [4.69, 9.17) is 9.47 Å². The second-order valence-corrected chi connectivity index (χ2v) is 6.96. The van der Waals surface area contributed by atoms with Gasteiger partial charge in [-0.25, -0.2) is 0 Å². The van der Waals surface area contributed by atoms with Crippen LogP contribution in [-0.2, 0) is 11.2 Å². The van der Waals surface area contributed by atoms with E-state index in [2.05, 4.69) is 10.6 Å². The van der Waals surface area contributed by atoms with E-state index in [-0.39, 0.29) is 5.91 Å². The molecule has 24 heavy (non-hydrogen) atoms. The third-order valence-corrected chi connectivity index (χ3v) is 5.25. The lowest BCUT2D eigenvalue weighted by molar-refractivity contribution is -0.122. The number of hydrogen-bond acceptors (Lipinski definition) is 4. The normalized spacial score (nSPS) is 25.3. The maximum Gasteiger partial charge on any atom is 0.220 e. The standard InChI is InChI=1S/C19H28N2O3/c1-23-17-5-6-18(24-2)14(12-17)7-8-20-19(22)11-13-9-15-3-4-16(10-13)21-15/h5-6,12-13,15-16,21H,3-4,7-11H2,1-2H3,(H,20,22). The largest absolute Gasteiger partial charge is 0.497 e. The summed E-state index contributed by atoms with van der Waals surface area (Å²) in [6.07, 6.45) is 6.24. The van der Waals surface area contributed by atoms with E-state index in [1.54, 1.807) is 14.2 Å². The zero-order valence-corrected chi connectivity index (χ0v) is 14.6. The Morgan fingerprint density at radius 3 is 2.62 bits per heavy atom. The fourth-order valence-electron chi connectivity index (χ4n) is 4.09. The molecule has 132 valence electrons. The van der Waals surface area contributed by atoms with Crippen molar-refractivity contribution in [3.8, 4) is 11.5 Å². The average Bonchev–Trinajstić information content (AvgIpc) is 2.93. The molecular weight excluding hydrogens is 304 g/mol. The smallest absolute Gasteiger partial charge is 0.220 e. The summed E-state index contributed by atoms with van der Waals surface area (Å²) in [5, 5.41) is 6.69. The van der Waals surface area contributed by atoms with Crippen LogP contribution in [0.1, 0.15) is 37.7 Å². The Kier molecular flexibility index (Phi) is 5.61. The lowest BCUT2D eigenvalue weighted by atomic mass is 9.89. The van der Waals surface area contributed by atoms with E-state index in [1.165, 1.54) is 12.8 Å². The molecule has 3 rings (SSSR count). The molecule has 2 atom stereocenters. The molecular formula is C19H28N2O3. The topological polar surface area (TPSA) is 59.6 Å². The molecule has 0 aromatic heterocycles. The Balaban J connectivity index is 1.45. The molecule has 0 aliphatic carbocycles. The van der Waals surface area contributed by atoms with E-state index in [0.717, 1.165) is 36.3 Å². The average molecular weight is 332 g/mol. The SMILES string of the molecule is COc1ccc(OC)c(CCNC(=O)CC2CC3CCC(C2)N3)c1. The molecule has 1 aromatic carbocycles. The van der Waals surface area contributed by atoms with Gasteiger partial charge in [-0.15, -0.1) is 0 Å². The Morgan fingerprint density at radius 2 is 1.96 bits per heavy atom. The van der Waals surface area contributed by atoms with Crippen LogP contribution in [0.2, 0.25) is 0 Å². The molecule has 2 saturated heterocycles. The van der Waals surface area contributed by atoms with Crippen LogP contribution >= 0.6 is 0 Å². The molecule has 0 spiro atoms. The summed E-state index contributed by atoms with van der Waals surface area (Å²) in [5.41, 5.74) is 1.05. The predicted molar refractivity (Wildman–Crippen MR) is 93.5 cm³/mol. The van der Waals surface area contributed by atoms with E-state index in [1.807, 2.05) is 18.2 Å². The minimum absolute atomic E-state index is 0.170. The van der Waals surface area contributed by atoms with Gasteiger partial charge in [0.2, 0.25) is 5.91 Å². The van der Waals surface area contributed by atoms with Gasteiger partial charge in [-0.05, 0) is 61.8 Å². The summed E-state index contributed by atoms with van der Waals surface area (Å²) >= 11 is 0. The molecule has 0 radical (unpaired) electrons. The molecule has 2 bridgehead atoms. The maximum absolute atomic E-state index is 12.2. The number of carbonyl (C=O) groups excluding carboxylic acids is 1. The Morgan fingerprint density at radius 1 is 1.21 bits per heavy atom. The van der Waals surface area contributed by atoms with Crippen LogP contribution < -0.4 is 20.1 Å². The highest BCUT2D eigenvalue weighted by Crippen LogP contribution is 2.32. The lowest BCUT2D eigenvalue weighted by Crippen LogP contribution is -2.39. The number of fused-ring (bicyclic) bond motifs is 2. The number of hydrogen-bond donors (Lipinski definition) is 2. The highest BCUT2D eigenvalue weighted by atomic mass is 16.5. The summed E-state index contributed by atoms with van der Waals surface area (Å²) in [7, 11) is 3.31. The van der Waals surface area contributed by atoms with Gasteiger partial charge in [-0.2, -0.15) is 0 Å². The van der Waals surface area contributed by atoms with Crippen LogP contribution in [0.25, 0.3) is 0 Å². The molecule has 2 aliphatic rings. The maximum atomic E-state index is 12.2. The van der Waals surface area contributed by atoms with Gasteiger partial charge in [0.25, 0.3) is 0 Å². The molecule has 2 N–H and O–H groups in total. The van der Waals surface area contributed by atoms with Crippen molar-refractivity contribution in [1.29, 1.82) is 0 Å². The van der Waals surface area contributed by atoms with Gasteiger partial charge < -0.3 is 20.1 Å². The van der Waals surface area contributed by atoms with E-state index >= 15 is 0 Å². The van der Waals surface area contributed by atoms with Crippen LogP contribution in [0.3, 0.4) is 0 Å². The molecule has 2 aliphatic heterocycles. The highest BCUT2D eigenvalue weighted by Gasteiger charge is 2.34. The Hall–Kier alpha value is -1.75. The van der Waals surface area contributed by atoms with Crippen molar-refractivity contribution in [1.82, 2.24) is 10.6 Å². The van der Waals surface area contributed by atoms with Crippen LogP contribution in [0.4, 0.5) is 0 Å². The fourth-order valence-corrected chi connectivity index (χ4v) is 4.09. The summed E-state index contributed by atoms with van der Waals surface area (Å²) < 4.78 is 10.6. The molecule has 2 heterocycles. The number of amides is 1. The predicted octanol–water partition coefficient (Wildman–Crippen LogP) is 2.28. The minimum atomic E-state index is 0.170. The van der Waals surface area contributed by atoms with Crippen molar-refractivity contribution in [3.63, 3.8) is 0 Å². The van der Waals surface area contributed by atoms with E-state index in [9.17, 15) is 4.79 Å². The monoisotopic (exact) mass is 332 g/mol. The Bertz CT molecular complexity index is 564. The van der Waals surface area contributed by atoms with Crippen molar-refractivity contribution in [2.45, 2.75) is 50.6 Å². The third kappa shape index (κ3) is 4.20. The zero-order chi connectivity index (χ0) is 16.9. The molecule has 5 heteroatoms. The summed E-state index contributed by atoms with van der Waals surface area (Å²) in [6, 6.07) is 7.04. The van der Waals surface area contributed by atoms with Gasteiger partial charge in [0.05, 0.1) is 14.2 Å². The number of methoxy groups -OCH3 is 2. The summed E-state index contributed by atoms with van der Waals surface area (Å²) in [6.45, 7) is 0.625. The second-order valence-electron chi connectivity index (χ2n) is 6.96. The number of carbonyl (C=O) groups is 1. The quantitative estimate of drug-likeness (QED) is 0.804. The molecule has 5 nitrogen and oxygen atoms in total. The number of ether oxygens (including phenoxy) is 2. The van der Waals surface area contributed by atoms with Crippen molar-refractivity contribution in [2.75, 3.05) is 20.8 Å². The zero-order valence-electron chi connectivity index (χ0n) is 14.6. The second kappa shape index (κ2) is 7.88. The van der Waals surface area contributed by atoms with E-state index < -0.39 is 0 Å². The first kappa shape index (κ1) is 17.1. The van der Waals surface area contributed by atoms with Gasteiger partial charge in [0, 0.05) is 25.0 Å². The number of rotatable bonds is 7. The Labute approximate surface area is 144 Å². The molecule has 1 aromatic rings. The number of piperidine rings is 1. The van der Waals surface area contributed by atoms with Crippen molar-refractivity contribution in [3.05, 3.63) is 23.8 Å². The third-order valence-electron chi connectivity index (χ3n) is 5.25. The first-order chi connectivity index (χ1) is 11.7. The first-order valence-corrected chi connectivity index (χ1v) is 8.91. The van der Waals surface area contributed by atoms with Crippen molar-refractivity contribution in [2.24, 2.45) is 5.92 Å². The highest BCUT2D eigenvalue weighted by molar-refractivity contribution is 5.76. The summed E-state index contributed by atoms with van der Waals surface area (Å²) in [4.78, 5) is 12.2. The van der Waals surface area contributed by atoms with Crippen LogP contribution in [0.5, 0.6) is 11.5 Å². The first-order valence-electron chi connectivity index (χ1n) is 8.91. The van der Waals surface area contributed by atoms with E-state index in [0.29, 0.717) is 31.0 Å². The van der Waals surface area contributed by atoms with Gasteiger partial charge in [0.15, 0.2) is 0 Å². The minimum Gasteiger partial charge on any atom is -0.497 e. The van der Waals surface area contributed by atoms with Crippen molar-refractivity contribution >= 4 is 5.91 Å². The van der Waals surface area contributed by atoms with Gasteiger partial charge in [-0.3, -0.25) is 4.79 Å². The van der Waals surface area contributed by atoms with Gasteiger partial charge in [0.1, 0.15) is 11.5 Å². The number of benzene rings is 1. The van der Waals surface area contributed by atoms with Crippen LogP contribution in [0, 0.1) is 5.92 Å². The molecule has 2 fully saturated rings. The lowest BCUT2D eigenvalue weighted by Gasteiger charge is -2.28. The van der Waals surface area contributed by atoms with Gasteiger partial charge in [-0.1, -0.05) is 0 Å². The fraction of sp³-hybridized carbons (Fsp3) is 0.632. The van der Waals surface area contributed by atoms with Crippen LogP contribution in [-0.4, -0.2) is 38.8 Å². The molecule has 0 saturated carbocycles. The summed E-state index contributed by atoms with van der Waals surface area (Å²) in [5.74, 6) is 2.35. The van der Waals surface area contributed by atoms with Crippen molar-refractivity contribution < 1.29 is 14.3 Å². The molecule has 1 amide bonds. The molecule has 2 unspecified atom stereocenters. The number of nitrogens with one attached hydrogen (secondary N) is 2. The van der Waals surface area contributed by atoms with Crippen LogP contribution in [0.15, 0.2) is 18.2 Å².